The lowest BCUT2D eigenvalue weighted by atomic mass is 10.1. The molecule has 0 amide bonds. The predicted molar refractivity (Wildman–Crippen MR) is 56.2 cm³/mol. The summed E-state index contributed by atoms with van der Waals surface area (Å²) in [5.74, 6) is 1.10. The number of rotatable bonds is 4. The van der Waals surface area contributed by atoms with Gasteiger partial charge < -0.3 is 10.1 Å². The van der Waals surface area contributed by atoms with E-state index in [4.69, 9.17) is 4.74 Å². The molecule has 0 radical (unpaired) electrons. The maximum absolute atomic E-state index is 12.5. The molecule has 2 heterocycles. The van der Waals surface area contributed by atoms with Crippen LogP contribution in [0.15, 0.2) is 18.3 Å². The smallest absolute Gasteiger partial charge is 0.141 e. The van der Waals surface area contributed by atoms with Gasteiger partial charge in [-0.05, 0) is 30.9 Å². The lowest BCUT2D eigenvalue weighted by molar-refractivity contribution is 0.185. The van der Waals surface area contributed by atoms with Crippen molar-refractivity contribution >= 4 is 5.82 Å². The minimum atomic E-state index is -0.301. The molecule has 15 heavy (non-hydrogen) atoms. The molecule has 1 aromatic rings. The largest absolute Gasteiger partial charge is 0.381 e. The topological polar surface area (TPSA) is 34.1 Å². The summed E-state index contributed by atoms with van der Waals surface area (Å²) in [4.78, 5) is 3.93. The number of hydrogen-bond acceptors (Lipinski definition) is 3. The minimum absolute atomic E-state index is 0.301. The molecule has 82 valence electrons. The maximum atomic E-state index is 12.5. The summed E-state index contributed by atoms with van der Waals surface area (Å²) in [6.07, 6.45) is 3.46. The van der Waals surface area contributed by atoms with Crippen LogP contribution in [0.25, 0.3) is 0 Å². The number of hydrogen-bond donors (Lipinski definition) is 1. The van der Waals surface area contributed by atoms with Crippen molar-refractivity contribution < 1.29 is 9.13 Å². The maximum Gasteiger partial charge on any atom is 0.141 e. The van der Waals surface area contributed by atoms with Crippen molar-refractivity contribution in [3.63, 3.8) is 0 Å². The molecule has 0 aliphatic carbocycles. The van der Waals surface area contributed by atoms with E-state index in [-0.39, 0.29) is 5.82 Å². The Morgan fingerprint density at radius 1 is 1.53 bits per heavy atom. The number of nitrogens with zero attached hydrogens (tertiary/aromatic N) is 1. The molecule has 1 aliphatic heterocycles. The van der Waals surface area contributed by atoms with Gasteiger partial charge in [-0.3, -0.25) is 0 Å². The fourth-order valence-electron chi connectivity index (χ4n) is 1.70. The Hall–Kier alpha value is -1.16. The average Bonchev–Trinajstić information content (AvgIpc) is 2.74. The highest BCUT2D eigenvalue weighted by Gasteiger charge is 2.14. The fraction of sp³-hybridized carbons (Fsp3) is 0.545. The number of pyridine rings is 1. The van der Waals surface area contributed by atoms with Crippen molar-refractivity contribution in [1.82, 2.24) is 4.98 Å². The first-order valence-electron chi connectivity index (χ1n) is 5.28. The Morgan fingerprint density at radius 2 is 2.47 bits per heavy atom. The van der Waals surface area contributed by atoms with E-state index in [1.54, 1.807) is 6.07 Å². The van der Waals surface area contributed by atoms with Gasteiger partial charge in [-0.2, -0.15) is 0 Å². The minimum Gasteiger partial charge on any atom is -0.381 e. The molecule has 1 aromatic heterocycles. The van der Waals surface area contributed by atoms with Crippen LogP contribution in [-0.2, 0) is 4.74 Å². The predicted octanol–water partition coefficient (Wildman–Crippen LogP) is 2.06. The van der Waals surface area contributed by atoms with Gasteiger partial charge in [-0.1, -0.05) is 0 Å². The van der Waals surface area contributed by atoms with Crippen molar-refractivity contribution in [3.8, 4) is 0 Å². The van der Waals surface area contributed by atoms with E-state index in [0.29, 0.717) is 5.92 Å². The molecule has 1 atom stereocenters. The third-order valence-electron chi connectivity index (χ3n) is 2.61. The highest BCUT2D eigenvalue weighted by Crippen LogP contribution is 2.16. The monoisotopic (exact) mass is 210 g/mol. The van der Waals surface area contributed by atoms with Crippen molar-refractivity contribution in [2.24, 2.45) is 5.92 Å². The second kappa shape index (κ2) is 5.07. The SMILES string of the molecule is Fc1ccc(NCCC2CCOC2)nc1. The zero-order valence-corrected chi connectivity index (χ0v) is 8.58. The molecule has 3 nitrogen and oxygen atoms in total. The van der Waals surface area contributed by atoms with Gasteiger partial charge in [-0.15, -0.1) is 0 Å². The number of halogens is 1. The van der Waals surface area contributed by atoms with E-state index in [2.05, 4.69) is 10.3 Å². The highest BCUT2D eigenvalue weighted by molar-refractivity contribution is 5.33. The Balaban J connectivity index is 1.71. The van der Waals surface area contributed by atoms with Crippen LogP contribution in [0.3, 0.4) is 0 Å². The van der Waals surface area contributed by atoms with Crippen LogP contribution in [0, 0.1) is 11.7 Å². The molecule has 1 unspecified atom stereocenters. The second-order valence-electron chi connectivity index (χ2n) is 3.81. The van der Waals surface area contributed by atoms with Crippen LogP contribution >= 0.6 is 0 Å². The molecule has 2 rings (SSSR count). The van der Waals surface area contributed by atoms with Crippen LogP contribution in [0.4, 0.5) is 10.2 Å². The molecule has 1 aliphatic rings. The highest BCUT2D eigenvalue weighted by atomic mass is 19.1. The summed E-state index contributed by atoms with van der Waals surface area (Å²) in [6, 6.07) is 3.06. The first-order chi connectivity index (χ1) is 7.34. The van der Waals surface area contributed by atoms with E-state index >= 15 is 0 Å². The van der Waals surface area contributed by atoms with Gasteiger partial charge in [0, 0.05) is 19.8 Å². The molecular weight excluding hydrogens is 195 g/mol. The Morgan fingerprint density at radius 3 is 3.13 bits per heavy atom. The number of anilines is 1. The number of nitrogens with one attached hydrogen (secondary N) is 1. The third-order valence-corrected chi connectivity index (χ3v) is 2.61. The summed E-state index contributed by atoms with van der Waals surface area (Å²) < 4.78 is 17.8. The van der Waals surface area contributed by atoms with Crippen LogP contribution in [0.2, 0.25) is 0 Å². The quantitative estimate of drug-likeness (QED) is 0.826. The average molecular weight is 210 g/mol. The normalized spacial score (nSPS) is 20.5. The summed E-state index contributed by atoms with van der Waals surface area (Å²) >= 11 is 0. The number of aromatic nitrogens is 1. The van der Waals surface area contributed by atoms with Gasteiger partial charge in [0.1, 0.15) is 11.6 Å². The zero-order chi connectivity index (χ0) is 10.5. The van der Waals surface area contributed by atoms with Crippen LogP contribution in [0.1, 0.15) is 12.8 Å². The zero-order valence-electron chi connectivity index (χ0n) is 8.58. The van der Waals surface area contributed by atoms with Crippen molar-refractivity contribution in [2.75, 3.05) is 25.1 Å². The molecule has 0 saturated carbocycles. The van der Waals surface area contributed by atoms with Gasteiger partial charge in [0.05, 0.1) is 6.20 Å². The van der Waals surface area contributed by atoms with Gasteiger partial charge in [-0.25, -0.2) is 9.37 Å². The Labute approximate surface area is 88.7 Å². The van der Waals surface area contributed by atoms with Crippen LogP contribution in [0.5, 0.6) is 0 Å². The summed E-state index contributed by atoms with van der Waals surface area (Å²) in [5.41, 5.74) is 0. The standard InChI is InChI=1S/C11H15FN2O/c12-10-1-2-11(14-7-10)13-5-3-9-4-6-15-8-9/h1-2,7,9H,3-6,8H2,(H,13,14). The number of ether oxygens (including phenoxy) is 1. The van der Waals surface area contributed by atoms with E-state index < -0.39 is 0 Å². The van der Waals surface area contributed by atoms with Gasteiger partial charge in [0.2, 0.25) is 0 Å². The summed E-state index contributed by atoms with van der Waals surface area (Å²) in [6.45, 7) is 2.63. The third kappa shape index (κ3) is 3.16. The molecule has 1 fully saturated rings. The molecule has 0 aromatic carbocycles. The molecule has 1 saturated heterocycles. The first kappa shape index (κ1) is 10.4. The van der Waals surface area contributed by atoms with E-state index in [0.717, 1.165) is 38.4 Å². The summed E-state index contributed by atoms with van der Waals surface area (Å²) in [5, 5.41) is 3.17. The van der Waals surface area contributed by atoms with Crippen molar-refractivity contribution in [3.05, 3.63) is 24.1 Å². The van der Waals surface area contributed by atoms with Crippen molar-refractivity contribution in [1.29, 1.82) is 0 Å². The molecule has 1 N–H and O–H groups in total. The van der Waals surface area contributed by atoms with E-state index in [1.165, 1.54) is 12.3 Å². The van der Waals surface area contributed by atoms with Gasteiger partial charge in [0.25, 0.3) is 0 Å². The summed E-state index contributed by atoms with van der Waals surface area (Å²) in [7, 11) is 0. The van der Waals surface area contributed by atoms with E-state index in [1.807, 2.05) is 0 Å². The molecule has 4 heteroatoms. The van der Waals surface area contributed by atoms with E-state index in [9.17, 15) is 4.39 Å². The second-order valence-corrected chi connectivity index (χ2v) is 3.81. The Bertz CT molecular complexity index is 296. The lowest BCUT2D eigenvalue weighted by Crippen LogP contribution is -2.09. The lowest BCUT2D eigenvalue weighted by Gasteiger charge is -2.08. The Kier molecular flexibility index (Phi) is 3.50. The van der Waals surface area contributed by atoms with Gasteiger partial charge >= 0.3 is 0 Å². The molecule has 0 bridgehead atoms. The first-order valence-corrected chi connectivity index (χ1v) is 5.28. The van der Waals surface area contributed by atoms with Crippen molar-refractivity contribution in [2.45, 2.75) is 12.8 Å². The molecular formula is C11H15FN2O. The van der Waals surface area contributed by atoms with Crippen LogP contribution < -0.4 is 5.32 Å². The van der Waals surface area contributed by atoms with Gasteiger partial charge in [0.15, 0.2) is 0 Å². The fourth-order valence-corrected chi connectivity index (χ4v) is 1.70. The van der Waals surface area contributed by atoms with Crippen LogP contribution in [-0.4, -0.2) is 24.7 Å². The molecule has 0 spiro atoms.